The maximum atomic E-state index is 12.3. The molecule has 0 heterocycles. The summed E-state index contributed by atoms with van der Waals surface area (Å²) in [5, 5.41) is 12.0. The third-order valence-electron chi connectivity index (χ3n) is 3.16. The van der Waals surface area contributed by atoms with Gasteiger partial charge in [-0.1, -0.05) is 19.9 Å². The number of aliphatic carboxylic acids is 1. The lowest BCUT2D eigenvalue weighted by atomic mass is 10.0. The Hall–Kier alpha value is -1.96. The van der Waals surface area contributed by atoms with Gasteiger partial charge < -0.3 is 19.9 Å². The normalized spacial score (nSPS) is 13.0. The van der Waals surface area contributed by atoms with E-state index in [2.05, 4.69) is 5.32 Å². The van der Waals surface area contributed by atoms with Crippen LogP contribution in [0.3, 0.4) is 0 Å². The summed E-state index contributed by atoms with van der Waals surface area (Å²) in [6.45, 7) is 4.38. The van der Waals surface area contributed by atoms with E-state index in [1.807, 2.05) is 0 Å². The van der Waals surface area contributed by atoms with Gasteiger partial charge in [-0.3, -0.25) is 4.79 Å². The summed E-state index contributed by atoms with van der Waals surface area (Å²) in [7, 11) is 0. The number of rotatable bonds is 9. The fourth-order valence-electron chi connectivity index (χ4n) is 2.05. The average molecular weight is 349 g/mol. The standard InChI is InChI=1S/C16H22F3NO4/c1-4-23-13-7-11(8-20-14(10(2)3)15(21)22)5-6-12(13)24-9-16(17,18)19/h5-7,10,14,20H,4,8-9H2,1-3H3,(H,21,22)/t14-/m0/s1. The van der Waals surface area contributed by atoms with Crippen molar-refractivity contribution < 1.29 is 32.5 Å². The molecule has 1 rings (SSSR count). The van der Waals surface area contributed by atoms with Crippen molar-refractivity contribution in [3.63, 3.8) is 0 Å². The van der Waals surface area contributed by atoms with Crippen molar-refractivity contribution in [2.75, 3.05) is 13.2 Å². The van der Waals surface area contributed by atoms with Crippen molar-refractivity contribution in [3.05, 3.63) is 23.8 Å². The fraction of sp³-hybridized carbons (Fsp3) is 0.562. The number of hydrogen-bond acceptors (Lipinski definition) is 4. The highest BCUT2D eigenvalue weighted by molar-refractivity contribution is 5.73. The summed E-state index contributed by atoms with van der Waals surface area (Å²) in [4.78, 5) is 11.2. The highest BCUT2D eigenvalue weighted by atomic mass is 19.4. The van der Waals surface area contributed by atoms with Crippen LogP contribution >= 0.6 is 0 Å². The van der Waals surface area contributed by atoms with E-state index < -0.39 is 24.8 Å². The number of halogens is 3. The molecular weight excluding hydrogens is 327 g/mol. The van der Waals surface area contributed by atoms with E-state index in [0.29, 0.717) is 5.56 Å². The maximum Gasteiger partial charge on any atom is 0.422 e. The lowest BCUT2D eigenvalue weighted by molar-refractivity contribution is -0.153. The van der Waals surface area contributed by atoms with E-state index >= 15 is 0 Å². The molecule has 5 nitrogen and oxygen atoms in total. The zero-order valence-corrected chi connectivity index (χ0v) is 13.8. The minimum atomic E-state index is -4.43. The van der Waals surface area contributed by atoms with E-state index in [1.54, 1.807) is 32.9 Å². The Labute approximate surface area is 138 Å². The number of alkyl halides is 3. The fourth-order valence-corrected chi connectivity index (χ4v) is 2.05. The van der Waals surface area contributed by atoms with E-state index in [0.717, 1.165) is 0 Å². The quantitative estimate of drug-likeness (QED) is 0.716. The molecule has 0 saturated carbocycles. The van der Waals surface area contributed by atoms with Crippen molar-refractivity contribution in [2.24, 2.45) is 5.92 Å². The zero-order valence-electron chi connectivity index (χ0n) is 13.8. The number of ether oxygens (including phenoxy) is 2. The predicted octanol–water partition coefficient (Wildman–Crippen LogP) is 3.23. The molecule has 0 aliphatic heterocycles. The van der Waals surface area contributed by atoms with Gasteiger partial charge in [0.25, 0.3) is 0 Å². The second-order valence-electron chi connectivity index (χ2n) is 5.56. The molecule has 0 unspecified atom stereocenters. The molecule has 1 aromatic carbocycles. The van der Waals surface area contributed by atoms with Crippen LogP contribution in [-0.2, 0) is 11.3 Å². The van der Waals surface area contributed by atoms with Crippen LogP contribution < -0.4 is 14.8 Å². The van der Waals surface area contributed by atoms with Gasteiger partial charge in [0.2, 0.25) is 0 Å². The Morgan fingerprint density at radius 1 is 1.25 bits per heavy atom. The van der Waals surface area contributed by atoms with Crippen LogP contribution in [0.25, 0.3) is 0 Å². The van der Waals surface area contributed by atoms with Crippen molar-refractivity contribution in [3.8, 4) is 11.5 Å². The number of hydrogen-bond donors (Lipinski definition) is 2. The molecule has 0 radical (unpaired) electrons. The van der Waals surface area contributed by atoms with Crippen LogP contribution in [-0.4, -0.2) is 36.5 Å². The molecule has 0 amide bonds. The lowest BCUT2D eigenvalue weighted by Crippen LogP contribution is -2.40. The van der Waals surface area contributed by atoms with Crippen LogP contribution in [0, 0.1) is 5.92 Å². The Morgan fingerprint density at radius 3 is 2.42 bits per heavy atom. The number of carboxylic acids is 1. The molecule has 0 spiro atoms. The molecule has 2 N–H and O–H groups in total. The molecular formula is C16H22F3NO4. The first-order chi connectivity index (χ1) is 11.1. The molecule has 0 aliphatic carbocycles. The summed E-state index contributed by atoms with van der Waals surface area (Å²) in [6.07, 6.45) is -4.43. The number of carbonyl (C=O) groups is 1. The molecule has 0 aromatic heterocycles. The van der Waals surface area contributed by atoms with E-state index in [1.165, 1.54) is 6.07 Å². The Balaban J connectivity index is 2.83. The van der Waals surface area contributed by atoms with Gasteiger partial charge >= 0.3 is 12.1 Å². The molecule has 0 fully saturated rings. The second-order valence-corrected chi connectivity index (χ2v) is 5.56. The molecule has 0 bridgehead atoms. The summed E-state index contributed by atoms with van der Waals surface area (Å²) in [6, 6.07) is 3.78. The smallest absolute Gasteiger partial charge is 0.422 e. The third kappa shape index (κ3) is 6.66. The monoisotopic (exact) mass is 349 g/mol. The second kappa shape index (κ2) is 8.77. The minimum Gasteiger partial charge on any atom is -0.490 e. The molecule has 8 heteroatoms. The molecule has 1 aromatic rings. The summed E-state index contributed by atoms with van der Waals surface area (Å²) in [5.74, 6) is -0.877. The third-order valence-corrected chi connectivity index (χ3v) is 3.16. The van der Waals surface area contributed by atoms with E-state index in [4.69, 9.17) is 14.6 Å². The predicted molar refractivity (Wildman–Crippen MR) is 82.3 cm³/mol. The van der Waals surface area contributed by atoms with Crippen LogP contribution in [0.2, 0.25) is 0 Å². The van der Waals surface area contributed by atoms with Gasteiger partial charge in [-0.05, 0) is 30.5 Å². The van der Waals surface area contributed by atoms with Crippen molar-refractivity contribution in [2.45, 2.75) is 39.5 Å². The van der Waals surface area contributed by atoms with Gasteiger partial charge in [0, 0.05) is 6.54 Å². The number of nitrogens with one attached hydrogen (secondary N) is 1. The number of carboxylic acid groups (broad SMARTS) is 1. The minimum absolute atomic E-state index is 0.00318. The van der Waals surface area contributed by atoms with E-state index in [-0.39, 0.29) is 30.6 Å². The summed E-state index contributed by atoms with van der Waals surface area (Å²) in [5.41, 5.74) is 0.685. The van der Waals surface area contributed by atoms with Gasteiger partial charge in [0.15, 0.2) is 18.1 Å². The Bertz CT molecular complexity index is 547. The first kappa shape index (κ1) is 20.1. The molecule has 0 saturated heterocycles. The average Bonchev–Trinajstić information content (AvgIpc) is 2.45. The first-order valence-corrected chi connectivity index (χ1v) is 7.55. The highest BCUT2D eigenvalue weighted by Crippen LogP contribution is 2.30. The maximum absolute atomic E-state index is 12.3. The van der Waals surface area contributed by atoms with Crippen molar-refractivity contribution in [1.29, 1.82) is 0 Å². The van der Waals surface area contributed by atoms with Crippen LogP contribution in [0.1, 0.15) is 26.3 Å². The van der Waals surface area contributed by atoms with Gasteiger partial charge in [0.05, 0.1) is 6.61 Å². The molecule has 136 valence electrons. The van der Waals surface area contributed by atoms with Crippen LogP contribution in [0.5, 0.6) is 11.5 Å². The van der Waals surface area contributed by atoms with Gasteiger partial charge in [0.1, 0.15) is 6.04 Å². The largest absolute Gasteiger partial charge is 0.490 e. The first-order valence-electron chi connectivity index (χ1n) is 7.55. The lowest BCUT2D eigenvalue weighted by Gasteiger charge is -2.19. The topological polar surface area (TPSA) is 67.8 Å². The zero-order chi connectivity index (χ0) is 18.3. The molecule has 1 atom stereocenters. The Morgan fingerprint density at radius 2 is 1.92 bits per heavy atom. The summed E-state index contributed by atoms with van der Waals surface area (Å²) < 4.78 is 46.9. The molecule has 0 aliphatic rings. The highest BCUT2D eigenvalue weighted by Gasteiger charge is 2.29. The van der Waals surface area contributed by atoms with Crippen LogP contribution in [0.4, 0.5) is 13.2 Å². The van der Waals surface area contributed by atoms with Crippen LogP contribution in [0.15, 0.2) is 18.2 Å². The SMILES string of the molecule is CCOc1cc(CN[C@H](C(=O)O)C(C)C)ccc1OCC(F)(F)F. The molecule has 24 heavy (non-hydrogen) atoms. The van der Waals surface area contributed by atoms with E-state index in [9.17, 15) is 18.0 Å². The van der Waals surface area contributed by atoms with Gasteiger partial charge in [-0.25, -0.2) is 0 Å². The van der Waals surface area contributed by atoms with Gasteiger partial charge in [-0.15, -0.1) is 0 Å². The van der Waals surface area contributed by atoms with Crippen molar-refractivity contribution >= 4 is 5.97 Å². The Kier molecular flexibility index (Phi) is 7.34. The summed E-state index contributed by atoms with van der Waals surface area (Å²) >= 11 is 0. The number of benzene rings is 1. The van der Waals surface area contributed by atoms with Gasteiger partial charge in [-0.2, -0.15) is 13.2 Å². The van der Waals surface area contributed by atoms with Crippen molar-refractivity contribution in [1.82, 2.24) is 5.32 Å².